The molecule has 0 fully saturated rings. The van der Waals surface area contributed by atoms with Gasteiger partial charge in [0.1, 0.15) is 17.5 Å². The Labute approximate surface area is 137 Å². The zero-order chi connectivity index (χ0) is 17.8. The van der Waals surface area contributed by atoms with Crippen LogP contribution in [0.3, 0.4) is 0 Å². The van der Waals surface area contributed by atoms with Gasteiger partial charge in [-0.15, -0.1) is 0 Å². The molecule has 0 aliphatic rings. The Bertz CT molecular complexity index is 720. The highest BCUT2D eigenvalue weighted by Crippen LogP contribution is 2.27. The molecule has 4 N–H and O–H groups in total. The van der Waals surface area contributed by atoms with E-state index in [1.54, 1.807) is 0 Å². The van der Waals surface area contributed by atoms with Gasteiger partial charge in [0.05, 0.1) is 7.11 Å². The summed E-state index contributed by atoms with van der Waals surface area (Å²) in [6, 6.07) is 1.13. The smallest absolute Gasteiger partial charge is 0.411 e. The quantitative estimate of drug-likeness (QED) is 0.515. The summed E-state index contributed by atoms with van der Waals surface area (Å²) in [6.45, 7) is 0.951. The zero-order valence-corrected chi connectivity index (χ0v) is 13.8. The van der Waals surface area contributed by atoms with Crippen LogP contribution < -0.4 is 11.1 Å². The van der Waals surface area contributed by atoms with Crippen LogP contribution >= 0.6 is 11.6 Å². The molecule has 0 aromatic heterocycles. The Kier molecular flexibility index (Phi) is 6.33. The third kappa shape index (κ3) is 5.36. The summed E-state index contributed by atoms with van der Waals surface area (Å²) in [6.07, 6.45) is -0.995. The first kappa shape index (κ1) is 19.2. The molecule has 0 spiro atoms. The Morgan fingerprint density at radius 2 is 2.04 bits per heavy atom. The lowest BCUT2D eigenvalue weighted by molar-refractivity contribution is -0.143. The minimum atomic E-state index is -4.51. The van der Waals surface area contributed by atoms with Crippen molar-refractivity contribution in [1.82, 2.24) is 0 Å². The second-order valence-corrected chi connectivity index (χ2v) is 6.21. The molecule has 0 bridgehead atoms. The van der Waals surface area contributed by atoms with Crippen molar-refractivity contribution >= 4 is 39.5 Å². The molecule has 11 heteroatoms. The fourth-order valence-electron chi connectivity index (χ4n) is 1.53. The van der Waals surface area contributed by atoms with E-state index in [-0.39, 0.29) is 16.3 Å². The lowest BCUT2D eigenvalue weighted by atomic mass is 10.2. The van der Waals surface area contributed by atoms with Crippen LogP contribution in [0.1, 0.15) is 5.56 Å². The van der Waals surface area contributed by atoms with Crippen molar-refractivity contribution in [2.24, 2.45) is 5.73 Å². The van der Waals surface area contributed by atoms with Gasteiger partial charge in [0.25, 0.3) is 10.1 Å². The maximum absolute atomic E-state index is 11.6. The number of methoxy groups -OCH3 is 1. The monoisotopic (exact) mass is 366 g/mol. The fourth-order valence-corrected chi connectivity index (χ4v) is 2.58. The molecule has 1 aromatic rings. The minimum Gasteiger partial charge on any atom is -0.468 e. The second-order valence-electron chi connectivity index (χ2n) is 4.41. The van der Waals surface area contributed by atoms with Crippen LogP contribution in [-0.2, 0) is 24.4 Å². The SMILES string of the molecule is COC(=O)[C@@H](N)COC(=O)Nc1cc(Cl)c(C)c(S(=O)(=O)O)c1. The van der Waals surface area contributed by atoms with E-state index < -0.39 is 39.7 Å². The van der Waals surface area contributed by atoms with Gasteiger partial charge in [0, 0.05) is 10.7 Å². The molecule has 0 aliphatic carbocycles. The summed E-state index contributed by atoms with van der Waals surface area (Å²) in [5, 5.41) is 2.22. The van der Waals surface area contributed by atoms with Crippen molar-refractivity contribution in [3.8, 4) is 0 Å². The summed E-state index contributed by atoms with van der Waals surface area (Å²) in [5.41, 5.74) is 5.48. The van der Waals surface area contributed by atoms with Gasteiger partial charge < -0.3 is 15.2 Å². The van der Waals surface area contributed by atoms with Crippen LogP contribution in [0.15, 0.2) is 17.0 Å². The number of nitrogens with two attached hydrogens (primary N) is 1. The minimum absolute atomic E-state index is 0.0155. The van der Waals surface area contributed by atoms with Gasteiger partial charge in [-0.25, -0.2) is 4.79 Å². The molecule has 23 heavy (non-hydrogen) atoms. The van der Waals surface area contributed by atoms with E-state index in [1.165, 1.54) is 13.0 Å². The molecule has 9 nitrogen and oxygen atoms in total. The molecule has 0 heterocycles. The maximum atomic E-state index is 11.6. The van der Waals surface area contributed by atoms with E-state index in [0.717, 1.165) is 13.2 Å². The average Bonchev–Trinajstić information content (AvgIpc) is 2.46. The number of nitrogens with one attached hydrogen (secondary N) is 1. The first-order valence-electron chi connectivity index (χ1n) is 6.11. The molecule has 0 saturated carbocycles. The van der Waals surface area contributed by atoms with Gasteiger partial charge in [0.15, 0.2) is 0 Å². The lowest BCUT2D eigenvalue weighted by Crippen LogP contribution is -2.37. The number of ether oxygens (including phenoxy) is 2. The van der Waals surface area contributed by atoms with E-state index in [2.05, 4.69) is 10.1 Å². The fraction of sp³-hybridized carbons (Fsp3) is 0.333. The molecule has 0 saturated heterocycles. The molecule has 1 rings (SSSR count). The van der Waals surface area contributed by atoms with Gasteiger partial charge in [-0.2, -0.15) is 8.42 Å². The van der Waals surface area contributed by atoms with E-state index in [9.17, 15) is 18.0 Å². The molecule has 0 unspecified atom stereocenters. The Hall–Kier alpha value is -1.88. The molecule has 1 amide bonds. The number of rotatable bonds is 5. The topological polar surface area (TPSA) is 145 Å². The maximum Gasteiger partial charge on any atom is 0.411 e. The van der Waals surface area contributed by atoms with Crippen LogP contribution in [-0.4, -0.2) is 44.8 Å². The summed E-state index contributed by atoms with van der Waals surface area (Å²) in [5.74, 6) is -0.759. The summed E-state index contributed by atoms with van der Waals surface area (Å²) in [4.78, 5) is 22.2. The summed E-state index contributed by atoms with van der Waals surface area (Å²) < 4.78 is 40.7. The van der Waals surface area contributed by atoms with Gasteiger partial charge >= 0.3 is 12.1 Å². The van der Waals surface area contributed by atoms with E-state index in [1.807, 2.05) is 0 Å². The predicted octanol–water partition coefficient (Wildman–Crippen LogP) is 0.944. The van der Waals surface area contributed by atoms with Gasteiger partial charge in [-0.1, -0.05) is 11.6 Å². The van der Waals surface area contributed by atoms with Crippen molar-refractivity contribution < 1.29 is 32.0 Å². The standard InChI is InChI=1S/C12H15ClN2O7S/c1-6-8(13)3-7(4-10(6)23(18,19)20)15-12(17)22-5-9(14)11(16)21-2/h3-4,9H,5,14H2,1-2H3,(H,15,17)(H,18,19,20)/t9-/m0/s1. The largest absolute Gasteiger partial charge is 0.468 e. The van der Waals surface area contributed by atoms with E-state index in [0.29, 0.717) is 0 Å². The number of anilines is 1. The molecule has 1 atom stereocenters. The number of hydrogen-bond donors (Lipinski definition) is 3. The number of carbonyl (C=O) groups excluding carboxylic acids is 2. The summed E-state index contributed by atoms with van der Waals surface area (Å²) in [7, 11) is -3.38. The van der Waals surface area contributed by atoms with E-state index in [4.69, 9.17) is 26.6 Å². The number of halogens is 1. The van der Waals surface area contributed by atoms with Gasteiger partial charge in [0.2, 0.25) is 0 Å². The first-order valence-corrected chi connectivity index (χ1v) is 7.93. The predicted molar refractivity (Wildman–Crippen MR) is 81.0 cm³/mol. The van der Waals surface area contributed by atoms with Crippen LogP contribution in [0.5, 0.6) is 0 Å². The van der Waals surface area contributed by atoms with Crippen LogP contribution in [0, 0.1) is 6.92 Å². The molecule has 1 aromatic carbocycles. The first-order chi connectivity index (χ1) is 10.6. The molecule has 0 radical (unpaired) electrons. The number of benzene rings is 1. The van der Waals surface area contributed by atoms with E-state index >= 15 is 0 Å². The van der Waals surface area contributed by atoms with Crippen molar-refractivity contribution in [2.75, 3.05) is 19.0 Å². The molecular weight excluding hydrogens is 352 g/mol. The van der Waals surface area contributed by atoms with Crippen molar-refractivity contribution in [1.29, 1.82) is 0 Å². The number of esters is 1. The average molecular weight is 367 g/mol. The van der Waals surface area contributed by atoms with Gasteiger partial charge in [-0.3, -0.25) is 14.7 Å². The molecule has 128 valence electrons. The number of amides is 1. The van der Waals surface area contributed by atoms with Crippen molar-refractivity contribution in [2.45, 2.75) is 17.9 Å². The number of hydrogen-bond acceptors (Lipinski definition) is 7. The summed E-state index contributed by atoms with van der Waals surface area (Å²) >= 11 is 5.85. The Balaban J connectivity index is 2.84. The molecular formula is C12H15ClN2O7S. The van der Waals surface area contributed by atoms with Crippen LogP contribution in [0.2, 0.25) is 5.02 Å². The lowest BCUT2D eigenvalue weighted by Gasteiger charge is -2.12. The normalized spacial score (nSPS) is 12.4. The zero-order valence-electron chi connectivity index (χ0n) is 12.2. The third-order valence-electron chi connectivity index (χ3n) is 2.72. The van der Waals surface area contributed by atoms with Crippen molar-refractivity contribution in [3.05, 3.63) is 22.7 Å². The van der Waals surface area contributed by atoms with Crippen LogP contribution in [0.4, 0.5) is 10.5 Å². The number of carbonyl (C=O) groups is 2. The Morgan fingerprint density at radius 3 is 2.57 bits per heavy atom. The highest BCUT2D eigenvalue weighted by Gasteiger charge is 2.19. The molecule has 0 aliphatic heterocycles. The highest BCUT2D eigenvalue weighted by atomic mass is 35.5. The Morgan fingerprint density at radius 1 is 1.43 bits per heavy atom. The third-order valence-corrected chi connectivity index (χ3v) is 4.09. The van der Waals surface area contributed by atoms with Gasteiger partial charge in [-0.05, 0) is 24.6 Å². The highest BCUT2D eigenvalue weighted by molar-refractivity contribution is 7.85. The van der Waals surface area contributed by atoms with Crippen LogP contribution in [0.25, 0.3) is 0 Å². The van der Waals surface area contributed by atoms with Crippen molar-refractivity contribution in [3.63, 3.8) is 0 Å². The second kappa shape index (κ2) is 7.59.